The summed E-state index contributed by atoms with van der Waals surface area (Å²) in [5.41, 5.74) is 0.827. The van der Waals surface area contributed by atoms with Crippen LogP contribution in [0.2, 0.25) is 0 Å². The molecule has 7 heteroatoms. The molecule has 0 bridgehead atoms. The minimum atomic E-state index is 0. The van der Waals surface area contributed by atoms with E-state index in [1.54, 1.807) is 26.0 Å². The zero-order valence-electron chi connectivity index (χ0n) is 14.1. The molecule has 1 saturated heterocycles. The Bertz CT molecular complexity index is 528. The molecule has 2 rings (SSSR count). The van der Waals surface area contributed by atoms with E-state index in [1.165, 1.54) is 0 Å². The average Bonchev–Trinajstić information content (AvgIpc) is 2.87. The summed E-state index contributed by atoms with van der Waals surface area (Å²) >= 11 is 1.71. The van der Waals surface area contributed by atoms with E-state index in [9.17, 15) is 4.79 Å². The Labute approximate surface area is 148 Å². The van der Waals surface area contributed by atoms with E-state index >= 15 is 0 Å². The fraction of sp³-hybridized carbons (Fsp3) is 0.562. The summed E-state index contributed by atoms with van der Waals surface area (Å²) < 4.78 is 10.7. The van der Waals surface area contributed by atoms with Crippen molar-refractivity contribution in [2.75, 3.05) is 45.5 Å². The first-order valence-electron chi connectivity index (χ1n) is 7.37. The third-order valence-corrected chi connectivity index (χ3v) is 4.90. The third-order valence-electron chi connectivity index (χ3n) is 3.66. The van der Waals surface area contributed by atoms with Gasteiger partial charge in [-0.2, -0.15) is 0 Å². The normalized spacial score (nSPS) is 17.3. The molecular weight excluding hydrogens is 336 g/mol. The molecule has 0 radical (unpaired) electrons. The van der Waals surface area contributed by atoms with Crippen molar-refractivity contribution < 1.29 is 14.3 Å². The van der Waals surface area contributed by atoms with Gasteiger partial charge in [0.2, 0.25) is 5.91 Å². The predicted molar refractivity (Wildman–Crippen MR) is 98.3 cm³/mol. The molecule has 1 aliphatic rings. The number of carbonyl (C=O) groups excluding carboxylic acids is 1. The number of nitrogens with zero attached hydrogens (tertiary/aromatic N) is 2. The Morgan fingerprint density at radius 3 is 2.65 bits per heavy atom. The van der Waals surface area contributed by atoms with E-state index in [2.05, 4.69) is 19.0 Å². The summed E-state index contributed by atoms with van der Waals surface area (Å²) in [6, 6.07) is 5.59. The highest BCUT2D eigenvalue weighted by atomic mass is 35.5. The Kier molecular flexibility index (Phi) is 8.02. The number of thioether (sulfide) groups is 1. The van der Waals surface area contributed by atoms with Crippen LogP contribution in [0.1, 0.15) is 12.8 Å². The van der Waals surface area contributed by atoms with E-state index in [4.69, 9.17) is 9.47 Å². The van der Waals surface area contributed by atoms with E-state index in [0.29, 0.717) is 11.5 Å². The topological polar surface area (TPSA) is 42.0 Å². The fourth-order valence-electron chi connectivity index (χ4n) is 2.54. The van der Waals surface area contributed by atoms with Crippen LogP contribution in [0.3, 0.4) is 0 Å². The lowest BCUT2D eigenvalue weighted by atomic mass is 10.2. The number of hydrogen-bond acceptors (Lipinski definition) is 5. The lowest BCUT2D eigenvalue weighted by Gasteiger charge is -2.26. The molecule has 1 aromatic rings. The molecule has 1 aliphatic heterocycles. The molecule has 0 spiro atoms. The smallest absolute Gasteiger partial charge is 0.238 e. The van der Waals surface area contributed by atoms with Gasteiger partial charge in [-0.1, -0.05) is 0 Å². The molecule has 1 aromatic carbocycles. The molecule has 1 unspecified atom stereocenters. The third kappa shape index (κ3) is 4.93. The molecule has 5 nitrogen and oxygen atoms in total. The first kappa shape index (κ1) is 19.9. The van der Waals surface area contributed by atoms with Gasteiger partial charge >= 0.3 is 0 Å². The monoisotopic (exact) mass is 360 g/mol. The Balaban J connectivity index is 0.00000264. The second-order valence-corrected chi connectivity index (χ2v) is 6.68. The van der Waals surface area contributed by atoms with Crippen molar-refractivity contribution in [3.05, 3.63) is 18.2 Å². The largest absolute Gasteiger partial charge is 0.497 e. The number of rotatable bonds is 7. The van der Waals surface area contributed by atoms with Crippen molar-refractivity contribution in [3.8, 4) is 11.5 Å². The molecule has 1 atom stereocenters. The summed E-state index contributed by atoms with van der Waals surface area (Å²) in [6.07, 6.45) is 2.04. The minimum absolute atomic E-state index is 0. The number of hydrogen-bond donors (Lipinski definition) is 0. The first-order valence-corrected chi connectivity index (χ1v) is 8.42. The Morgan fingerprint density at radius 2 is 2.04 bits per heavy atom. The number of anilines is 1. The highest BCUT2D eigenvalue weighted by Gasteiger charge is 2.34. The quantitative estimate of drug-likeness (QED) is 0.748. The van der Waals surface area contributed by atoms with Gasteiger partial charge in [-0.3, -0.25) is 9.69 Å². The van der Waals surface area contributed by atoms with E-state index in [0.717, 1.165) is 30.8 Å². The zero-order chi connectivity index (χ0) is 16.1. The SMILES string of the molecule is COc1ccc(N2C(=O)CSC2CCCN(C)C)c(OC)c1.Cl. The number of ether oxygens (including phenoxy) is 2. The van der Waals surface area contributed by atoms with E-state index in [1.807, 2.05) is 23.1 Å². The second kappa shape index (κ2) is 9.25. The molecule has 1 amide bonds. The molecular formula is C16H25ClN2O3S. The van der Waals surface area contributed by atoms with Crippen molar-refractivity contribution >= 4 is 35.8 Å². The first-order chi connectivity index (χ1) is 10.6. The van der Waals surface area contributed by atoms with Crippen LogP contribution in [-0.2, 0) is 4.79 Å². The number of benzene rings is 1. The van der Waals surface area contributed by atoms with Gasteiger partial charge in [0.1, 0.15) is 11.5 Å². The van der Waals surface area contributed by atoms with Crippen LogP contribution < -0.4 is 14.4 Å². The molecule has 1 fully saturated rings. The standard InChI is InChI=1S/C16H24N2O3S.ClH/c1-17(2)9-5-6-16-18(15(19)11-22-16)13-8-7-12(20-3)10-14(13)21-4;/h7-8,10,16H,5-6,9,11H2,1-4H3;1H. The maximum Gasteiger partial charge on any atom is 0.238 e. The summed E-state index contributed by atoms with van der Waals surface area (Å²) in [6.45, 7) is 1.03. The van der Waals surface area contributed by atoms with Crippen molar-refractivity contribution in [1.29, 1.82) is 0 Å². The fourth-order valence-corrected chi connectivity index (χ4v) is 3.73. The van der Waals surface area contributed by atoms with Crippen LogP contribution in [0.15, 0.2) is 18.2 Å². The van der Waals surface area contributed by atoms with Crippen LogP contribution in [0.5, 0.6) is 11.5 Å². The van der Waals surface area contributed by atoms with Crippen LogP contribution in [0.25, 0.3) is 0 Å². The highest BCUT2D eigenvalue weighted by molar-refractivity contribution is 8.01. The highest BCUT2D eigenvalue weighted by Crippen LogP contribution is 2.39. The van der Waals surface area contributed by atoms with Crippen molar-refractivity contribution in [2.24, 2.45) is 0 Å². The van der Waals surface area contributed by atoms with Gasteiger partial charge in [0.25, 0.3) is 0 Å². The summed E-state index contributed by atoms with van der Waals surface area (Å²) in [7, 11) is 7.37. The maximum absolute atomic E-state index is 12.3. The molecule has 0 aromatic heterocycles. The van der Waals surface area contributed by atoms with Gasteiger partial charge < -0.3 is 14.4 Å². The molecule has 0 aliphatic carbocycles. The number of amides is 1. The molecule has 1 heterocycles. The van der Waals surface area contributed by atoms with Gasteiger partial charge in [0.15, 0.2) is 0 Å². The number of carbonyl (C=O) groups is 1. The zero-order valence-corrected chi connectivity index (χ0v) is 15.7. The van der Waals surface area contributed by atoms with Gasteiger partial charge in [0.05, 0.1) is 31.0 Å². The summed E-state index contributed by atoms with van der Waals surface area (Å²) in [5.74, 6) is 2.07. The molecule has 0 N–H and O–H groups in total. The average molecular weight is 361 g/mol. The number of methoxy groups -OCH3 is 2. The second-order valence-electron chi connectivity index (χ2n) is 5.51. The molecule has 0 saturated carbocycles. The van der Waals surface area contributed by atoms with Crippen molar-refractivity contribution in [3.63, 3.8) is 0 Å². The van der Waals surface area contributed by atoms with E-state index < -0.39 is 0 Å². The van der Waals surface area contributed by atoms with Gasteiger partial charge in [0, 0.05) is 6.07 Å². The summed E-state index contributed by atoms with van der Waals surface area (Å²) in [5, 5.41) is 0.176. The Hall–Kier alpha value is -1.11. The Morgan fingerprint density at radius 1 is 1.30 bits per heavy atom. The van der Waals surface area contributed by atoms with Crippen LogP contribution in [0, 0.1) is 0 Å². The lowest BCUT2D eigenvalue weighted by Crippen LogP contribution is -2.33. The molecule has 23 heavy (non-hydrogen) atoms. The van der Waals surface area contributed by atoms with Crippen molar-refractivity contribution in [2.45, 2.75) is 18.2 Å². The van der Waals surface area contributed by atoms with Crippen LogP contribution in [0.4, 0.5) is 5.69 Å². The number of halogens is 1. The van der Waals surface area contributed by atoms with Gasteiger partial charge in [-0.25, -0.2) is 0 Å². The van der Waals surface area contributed by atoms with Gasteiger partial charge in [-0.05, 0) is 45.6 Å². The van der Waals surface area contributed by atoms with Gasteiger partial charge in [-0.15, -0.1) is 24.2 Å². The van der Waals surface area contributed by atoms with Crippen LogP contribution >= 0.6 is 24.2 Å². The predicted octanol–water partition coefficient (Wildman–Crippen LogP) is 2.87. The lowest BCUT2D eigenvalue weighted by molar-refractivity contribution is -0.115. The summed E-state index contributed by atoms with van der Waals surface area (Å²) in [4.78, 5) is 16.4. The van der Waals surface area contributed by atoms with E-state index in [-0.39, 0.29) is 23.7 Å². The van der Waals surface area contributed by atoms with Crippen LogP contribution in [-0.4, -0.2) is 56.8 Å². The van der Waals surface area contributed by atoms with Crippen molar-refractivity contribution in [1.82, 2.24) is 4.90 Å². The minimum Gasteiger partial charge on any atom is -0.497 e. The molecule has 130 valence electrons. The maximum atomic E-state index is 12.3.